The highest BCUT2D eigenvalue weighted by atomic mass is 79.9. The van der Waals surface area contributed by atoms with Crippen molar-refractivity contribution in [2.24, 2.45) is 5.92 Å². The fourth-order valence-corrected chi connectivity index (χ4v) is 1.66. The molecule has 13 heavy (non-hydrogen) atoms. The van der Waals surface area contributed by atoms with Crippen LogP contribution in [0.3, 0.4) is 0 Å². The van der Waals surface area contributed by atoms with E-state index in [9.17, 15) is 13.2 Å². The van der Waals surface area contributed by atoms with Gasteiger partial charge in [0.25, 0.3) is 0 Å². The van der Waals surface area contributed by atoms with Crippen LogP contribution in [0.4, 0.5) is 13.2 Å². The third-order valence-corrected chi connectivity index (χ3v) is 3.18. The second-order valence-electron chi connectivity index (χ2n) is 2.77. The molecule has 0 amide bonds. The highest BCUT2D eigenvalue weighted by Gasteiger charge is 2.55. The molecular formula is C9H8BrF3. The SMILES string of the molecule is C=CC1C=CC=CC1(Br)C(F)(F)F. The number of halogens is 4. The Bertz CT molecular complexity index is 265. The summed E-state index contributed by atoms with van der Waals surface area (Å²) in [5.74, 6) is -0.752. The van der Waals surface area contributed by atoms with Crippen molar-refractivity contribution in [1.29, 1.82) is 0 Å². The molecular weight excluding hydrogens is 245 g/mol. The fourth-order valence-electron chi connectivity index (χ4n) is 1.16. The molecule has 1 aliphatic rings. The molecule has 0 spiro atoms. The predicted molar refractivity (Wildman–Crippen MR) is 49.7 cm³/mol. The zero-order valence-corrected chi connectivity index (χ0v) is 8.27. The van der Waals surface area contributed by atoms with Crippen LogP contribution in [0.5, 0.6) is 0 Å². The predicted octanol–water partition coefficient (Wildman–Crippen LogP) is 3.61. The lowest BCUT2D eigenvalue weighted by atomic mass is 9.88. The van der Waals surface area contributed by atoms with E-state index in [-0.39, 0.29) is 0 Å². The zero-order chi connectivity index (χ0) is 10.1. The second-order valence-corrected chi connectivity index (χ2v) is 4.08. The lowest BCUT2D eigenvalue weighted by Gasteiger charge is -2.33. The van der Waals surface area contributed by atoms with E-state index in [0.29, 0.717) is 0 Å². The van der Waals surface area contributed by atoms with Gasteiger partial charge in [0.1, 0.15) is 4.32 Å². The lowest BCUT2D eigenvalue weighted by molar-refractivity contribution is -0.150. The van der Waals surface area contributed by atoms with Gasteiger partial charge in [0.2, 0.25) is 0 Å². The third kappa shape index (κ3) is 1.73. The molecule has 0 N–H and O–H groups in total. The van der Waals surface area contributed by atoms with E-state index in [1.165, 1.54) is 18.2 Å². The Kier molecular flexibility index (Phi) is 2.71. The molecule has 1 rings (SSSR count). The average molecular weight is 253 g/mol. The molecule has 1 aliphatic carbocycles. The van der Waals surface area contributed by atoms with Gasteiger partial charge in [-0.15, -0.1) is 6.58 Å². The summed E-state index contributed by atoms with van der Waals surface area (Å²) in [7, 11) is 0. The van der Waals surface area contributed by atoms with Crippen molar-refractivity contribution < 1.29 is 13.2 Å². The van der Waals surface area contributed by atoms with E-state index in [2.05, 4.69) is 22.5 Å². The van der Waals surface area contributed by atoms with E-state index in [1.54, 1.807) is 6.08 Å². The van der Waals surface area contributed by atoms with Gasteiger partial charge in [0, 0.05) is 5.92 Å². The van der Waals surface area contributed by atoms with Crippen molar-refractivity contribution in [3.63, 3.8) is 0 Å². The van der Waals surface area contributed by atoms with Crippen LogP contribution in [-0.2, 0) is 0 Å². The van der Waals surface area contributed by atoms with Crippen LogP contribution in [0.2, 0.25) is 0 Å². The highest BCUT2D eigenvalue weighted by Crippen LogP contribution is 2.47. The highest BCUT2D eigenvalue weighted by molar-refractivity contribution is 9.10. The monoisotopic (exact) mass is 252 g/mol. The van der Waals surface area contributed by atoms with Crippen molar-refractivity contribution in [3.05, 3.63) is 37.0 Å². The topological polar surface area (TPSA) is 0 Å². The summed E-state index contributed by atoms with van der Waals surface area (Å²) < 4.78 is 35.8. The van der Waals surface area contributed by atoms with Gasteiger partial charge < -0.3 is 0 Å². The molecule has 0 aromatic heterocycles. The minimum absolute atomic E-state index is 0.752. The first-order valence-corrected chi connectivity index (χ1v) is 4.45. The average Bonchev–Trinajstić information content (AvgIpc) is 2.03. The Morgan fingerprint density at radius 1 is 1.38 bits per heavy atom. The Morgan fingerprint density at radius 3 is 2.38 bits per heavy atom. The quantitative estimate of drug-likeness (QED) is 0.494. The normalized spacial score (nSPS) is 33.4. The summed E-state index contributed by atoms with van der Waals surface area (Å²) in [4.78, 5) is 0. The van der Waals surface area contributed by atoms with Crippen molar-refractivity contribution in [2.45, 2.75) is 10.5 Å². The Balaban J connectivity index is 3.07. The zero-order valence-electron chi connectivity index (χ0n) is 6.68. The smallest absolute Gasteiger partial charge is 0.169 e. The van der Waals surface area contributed by atoms with E-state index in [1.807, 2.05) is 0 Å². The van der Waals surface area contributed by atoms with Gasteiger partial charge >= 0.3 is 6.18 Å². The standard InChI is InChI=1S/C9H8BrF3/c1-2-7-5-3-4-6-8(7,10)9(11,12)13/h2-7H,1H2. The molecule has 0 fully saturated rings. The van der Waals surface area contributed by atoms with Crippen LogP contribution in [0.1, 0.15) is 0 Å². The molecule has 0 nitrogen and oxygen atoms in total. The van der Waals surface area contributed by atoms with Crippen LogP contribution >= 0.6 is 15.9 Å². The molecule has 0 aliphatic heterocycles. The first-order valence-electron chi connectivity index (χ1n) is 3.66. The molecule has 72 valence electrons. The second kappa shape index (κ2) is 3.33. The largest absolute Gasteiger partial charge is 0.408 e. The van der Waals surface area contributed by atoms with Gasteiger partial charge in [-0.2, -0.15) is 13.2 Å². The van der Waals surface area contributed by atoms with Gasteiger partial charge in [-0.1, -0.05) is 46.3 Å². The molecule has 0 aromatic rings. The molecule has 0 aromatic carbocycles. The van der Waals surface area contributed by atoms with Crippen molar-refractivity contribution in [3.8, 4) is 0 Å². The van der Waals surface area contributed by atoms with E-state index < -0.39 is 16.4 Å². The summed E-state index contributed by atoms with van der Waals surface area (Å²) in [6.45, 7) is 3.38. The van der Waals surface area contributed by atoms with E-state index in [4.69, 9.17) is 0 Å². The number of hydrogen-bond acceptors (Lipinski definition) is 0. The Labute approximate surface area is 82.9 Å². The first kappa shape index (κ1) is 10.6. The van der Waals surface area contributed by atoms with Gasteiger partial charge in [-0.25, -0.2) is 0 Å². The molecule has 0 saturated heterocycles. The molecule has 0 saturated carbocycles. The lowest BCUT2D eigenvalue weighted by Crippen LogP contribution is -2.43. The van der Waals surface area contributed by atoms with Crippen LogP contribution in [-0.4, -0.2) is 10.5 Å². The number of alkyl halides is 4. The maximum atomic E-state index is 12.6. The number of rotatable bonds is 1. The maximum Gasteiger partial charge on any atom is 0.408 e. The van der Waals surface area contributed by atoms with Crippen molar-refractivity contribution in [2.75, 3.05) is 0 Å². The molecule has 4 heteroatoms. The van der Waals surface area contributed by atoms with Gasteiger partial charge in [-0.05, 0) is 0 Å². The molecule has 0 radical (unpaired) electrons. The maximum absolute atomic E-state index is 12.6. The first-order chi connectivity index (χ1) is 5.92. The molecule has 2 unspecified atom stereocenters. The molecule has 0 heterocycles. The van der Waals surface area contributed by atoms with Crippen LogP contribution in [0, 0.1) is 5.92 Å². The summed E-state index contributed by atoms with van der Waals surface area (Å²) >= 11 is 2.71. The Morgan fingerprint density at radius 2 is 2.00 bits per heavy atom. The van der Waals surface area contributed by atoms with Crippen LogP contribution in [0.15, 0.2) is 37.0 Å². The van der Waals surface area contributed by atoms with Gasteiger partial charge in [0.15, 0.2) is 0 Å². The molecule has 0 bridgehead atoms. The van der Waals surface area contributed by atoms with Crippen LogP contribution < -0.4 is 0 Å². The van der Waals surface area contributed by atoms with E-state index >= 15 is 0 Å². The minimum Gasteiger partial charge on any atom is -0.169 e. The summed E-state index contributed by atoms with van der Waals surface area (Å²) in [6, 6.07) is 0. The fraction of sp³-hybridized carbons (Fsp3) is 0.333. The third-order valence-electron chi connectivity index (χ3n) is 1.94. The molecule has 2 atom stereocenters. The number of hydrogen-bond donors (Lipinski definition) is 0. The summed E-state index contributed by atoms with van der Waals surface area (Å²) in [5, 5.41) is 0. The number of allylic oxidation sites excluding steroid dienone is 5. The van der Waals surface area contributed by atoms with Crippen molar-refractivity contribution >= 4 is 15.9 Å². The van der Waals surface area contributed by atoms with Gasteiger partial charge in [0.05, 0.1) is 0 Å². The van der Waals surface area contributed by atoms with Crippen LogP contribution in [0.25, 0.3) is 0 Å². The Hall–Kier alpha value is -0.510. The minimum atomic E-state index is -4.31. The van der Waals surface area contributed by atoms with Gasteiger partial charge in [-0.3, -0.25) is 0 Å². The summed E-state index contributed by atoms with van der Waals surface area (Å²) in [5.41, 5.74) is 0. The van der Waals surface area contributed by atoms with Crippen molar-refractivity contribution in [1.82, 2.24) is 0 Å². The van der Waals surface area contributed by atoms with E-state index in [0.717, 1.165) is 6.08 Å². The summed E-state index contributed by atoms with van der Waals surface area (Å²) in [6.07, 6.45) is 2.49.